The van der Waals surface area contributed by atoms with Crippen molar-refractivity contribution in [1.29, 1.82) is 0 Å². The van der Waals surface area contributed by atoms with Crippen LogP contribution in [0.4, 0.5) is 0 Å². The Bertz CT molecular complexity index is 378. The van der Waals surface area contributed by atoms with Gasteiger partial charge in [0.2, 0.25) is 0 Å². The molecule has 1 aromatic carbocycles. The van der Waals surface area contributed by atoms with Gasteiger partial charge in [0.1, 0.15) is 0 Å². The van der Waals surface area contributed by atoms with Gasteiger partial charge in [0.25, 0.3) is 0 Å². The van der Waals surface area contributed by atoms with E-state index in [2.05, 4.69) is 35.3 Å². The molecule has 0 spiro atoms. The highest BCUT2D eigenvalue weighted by molar-refractivity contribution is 5.38. The summed E-state index contributed by atoms with van der Waals surface area (Å²) >= 11 is 0. The van der Waals surface area contributed by atoms with Gasteiger partial charge >= 0.3 is 0 Å². The van der Waals surface area contributed by atoms with E-state index in [1.807, 2.05) is 7.05 Å². The van der Waals surface area contributed by atoms with Crippen LogP contribution in [0.25, 0.3) is 0 Å². The molecule has 3 nitrogen and oxygen atoms in total. The summed E-state index contributed by atoms with van der Waals surface area (Å²) in [5.74, 6) is 0. The van der Waals surface area contributed by atoms with E-state index in [4.69, 9.17) is 0 Å². The molecule has 0 aromatic heterocycles. The average Bonchev–Trinajstić information content (AvgIpc) is 2.37. The first kappa shape index (κ1) is 12.6. The van der Waals surface area contributed by atoms with Crippen molar-refractivity contribution in [3.05, 3.63) is 34.9 Å². The zero-order valence-electron chi connectivity index (χ0n) is 10.7. The average molecular weight is 234 g/mol. The van der Waals surface area contributed by atoms with Gasteiger partial charge in [-0.05, 0) is 36.7 Å². The fourth-order valence-electron chi connectivity index (χ4n) is 2.55. The van der Waals surface area contributed by atoms with Crippen LogP contribution in [0.5, 0.6) is 0 Å². The Hall–Kier alpha value is -0.900. The third kappa shape index (κ3) is 2.68. The normalized spacial score (nSPS) is 17.8. The summed E-state index contributed by atoms with van der Waals surface area (Å²) in [6, 6.07) is 6.31. The molecular formula is C14H22N2O. The minimum absolute atomic E-state index is 0.397. The fraction of sp³-hybridized carbons (Fsp3) is 0.571. The standard InChI is InChI=1S/C14H22N2O/c1-3-16-8-7-11-5-4-6-12(13(11)10-16)14(17)9-15-2/h4-6,14-15,17H,3,7-10H2,1-2H3. The van der Waals surface area contributed by atoms with Crippen LogP contribution in [0, 0.1) is 0 Å². The van der Waals surface area contributed by atoms with Gasteiger partial charge in [0.05, 0.1) is 6.10 Å². The quantitative estimate of drug-likeness (QED) is 0.824. The van der Waals surface area contributed by atoms with Gasteiger partial charge in [-0.25, -0.2) is 0 Å². The van der Waals surface area contributed by atoms with Gasteiger partial charge in [-0.1, -0.05) is 25.1 Å². The minimum atomic E-state index is -0.397. The van der Waals surface area contributed by atoms with E-state index in [0.29, 0.717) is 6.54 Å². The van der Waals surface area contributed by atoms with Gasteiger partial charge in [0.15, 0.2) is 0 Å². The van der Waals surface area contributed by atoms with Gasteiger partial charge in [-0.2, -0.15) is 0 Å². The first-order chi connectivity index (χ1) is 8.26. The Morgan fingerprint density at radius 2 is 2.29 bits per heavy atom. The molecule has 0 amide bonds. The number of likely N-dealkylation sites (N-methyl/N-ethyl adjacent to an activating group) is 2. The lowest BCUT2D eigenvalue weighted by atomic mass is 9.92. The van der Waals surface area contributed by atoms with Crippen LogP contribution in [0.15, 0.2) is 18.2 Å². The summed E-state index contributed by atoms with van der Waals surface area (Å²) in [6.07, 6.45) is 0.704. The molecule has 17 heavy (non-hydrogen) atoms. The molecule has 0 saturated heterocycles. The molecule has 1 unspecified atom stereocenters. The van der Waals surface area contributed by atoms with Gasteiger partial charge in [-0.3, -0.25) is 4.90 Å². The van der Waals surface area contributed by atoms with E-state index < -0.39 is 6.10 Å². The van der Waals surface area contributed by atoms with Crippen molar-refractivity contribution in [2.75, 3.05) is 26.7 Å². The van der Waals surface area contributed by atoms with Crippen LogP contribution >= 0.6 is 0 Å². The molecule has 0 fully saturated rings. The number of nitrogens with zero attached hydrogens (tertiary/aromatic N) is 1. The van der Waals surface area contributed by atoms with E-state index in [1.165, 1.54) is 11.1 Å². The van der Waals surface area contributed by atoms with Gasteiger partial charge < -0.3 is 10.4 Å². The summed E-state index contributed by atoms with van der Waals surface area (Å²) in [7, 11) is 1.87. The molecular weight excluding hydrogens is 212 g/mol. The highest BCUT2D eigenvalue weighted by Gasteiger charge is 2.20. The summed E-state index contributed by atoms with van der Waals surface area (Å²) in [6.45, 7) is 5.99. The summed E-state index contributed by atoms with van der Waals surface area (Å²) < 4.78 is 0. The van der Waals surface area contributed by atoms with Crippen LogP contribution in [0.3, 0.4) is 0 Å². The second-order valence-corrected chi connectivity index (χ2v) is 4.68. The molecule has 2 N–H and O–H groups in total. The fourth-order valence-corrected chi connectivity index (χ4v) is 2.55. The second-order valence-electron chi connectivity index (χ2n) is 4.68. The maximum absolute atomic E-state index is 10.2. The first-order valence-corrected chi connectivity index (χ1v) is 6.42. The van der Waals surface area contributed by atoms with Crippen molar-refractivity contribution in [3.8, 4) is 0 Å². The van der Waals surface area contributed by atoms with Crippen molar-refractivity contribution < 1.29 is 5.11 Å². The summed E-state index contributed by atoms with van der Waals surface area (Å²) in [5.41, 5.74) is 3.83. The molecule has 3 heteroatoms. The molecule has 2 rings (SSSR count). The number of rotatable bonds is 4. The van der Waals surface area contributed by atoms with Crippen LogP contribution in [-0.4, -0.2) is 36.7 Å². The number of fused-ring (bicyclic) bond motifs is 1. The monoisotopic (exact) mass is 234 g/mol. The Morgan fingerprint density at radius 1 is 1.47 bits per heavy atom. The second kappa shape index (κ2) is 5.63. The SMILES string of the molecule is CCN1CCc2cccc(C(O)CNC)c2C1. The molecule has 1 atom stereocenters. The van der Waals surface area contributed by atoms with E-state index in [1.54, 1.807) is 0 Å². The molecule has 1 aliphatic heterocycles. The van der Waals surface area contributed by atoms with Crippen molar-refractivity contribution in [2.24, 2.45) is 0 Å². The molecule has 1 aromatic rings. The maximum atomic E-state index is 10.2. The molecule has 0 aliphatic carbocycles. The predicted molar refractivity (Wildman–Crippen MR) is 70.0 cm³/mol. The lowest BCUT2D eigenvalue weighted by Gasteiger charge is -2.30. The summed E-state index contributed by atoms with van der Waals surface area (Å²) in [4.78, 5) is 2.43. The Labute approximate surface area is 103 Å². The Balaban J connectivity index is 2.28. The van der Waals surface area contributed by atoms with Crippen molar-refractivity contribution in [1.82, 2.24) is 10.2 Å². The first-order valence-electron chi connectivity index (χ1n) is 6.42. The van der Waals surface area contributed by atoms with E-state index in [0.717, 1.165) is 31.6 Å². The predicted octanol–water partition coefficient (Wildman–Crippen LogP) is 1.32. The number of nitrogens with one attached hydrogen (secondary N) is 1. The zero-order valence-corrected chi connectivity index (χ0v) is 10.7. The number of hydrogen-bond acceptors (Lipinski definition) is 3. The largest absolute Gasteiger partial charge is 0.387 e. The highest BCUT2D eigenvalue weighted by atomic mass is 16.3. The smallest absolute Gasteiger partial charge is 0.0917 e. The molecule has 0 bridgehead atoms. The lowest BCUT2D eigenvalue weighted by Crippen LogP contribution is -2.31. The molecule has 1 heterocycles. The number of aliphatic hydroxyl groups is 1. The third-order valence-electron chi connectivity index (χ3n) is 3.59. The van der Waals surface area contributed by atoms with Crippen molar-refractivity contribution in [3.63, 3.8) is 0 Å². The van der Waals surface area contributed by atoms with Crippen LogP contribution in [0.1, 0.15) is 29.7 Å². The maximum Gasteiger partial charge on any atom is 0.0917 e. The van der Waals surface area contributed by atoms with Crippen molar-refractivity contribution >= 4 is 0 Å². The molecule has 94 valence electrons. The minimum Gasteiger partial charge on any atom is -0.387 e. The van der Waals surface area contributed by atoms with Crippen molar-refractivity contribution in [2.45, 2.75) is 26.0 Å². The van der Waals surface area contributed by atoms with E-state index in [-0.39, 0.29) is 0 Å². The topological polar surface area (TPSA) is 35.5 Å². The van der Waals surface area contributed by atoms with Gasteiger partial charge in [0, 0.05) is 19.6 Å². The zero-order chi connectivity index (χ0) is 12.3. The Morgan fingerprint density at radius 3 is 3.00 bits per heavy atom. The van der Waals surface area contributed by atoms with Crippen LogP contribution < -0.4 is 5.32 Å². The molecule has 0 radical (unpaired) electrons. The summed E-state index contributed by atoms with van der Waals surface area (Å²) in [5, 5.41) is 13.2. The number of benzene rings is 1. The Kier molecular flexibility index (Phi) is 4.15. The van der Waals surface area contributed by atoms with Gasteiger partial charge in [-0.15, -0.1) is 0 Å². The lowest BCUT2D eigenvalue weighted by molar-refractivity contribution is 0.173. The van der Waals surface area contributed by atoms with E-state index >= 15 is 0 Å². The van der Waals surface area contributed by atoms with Crippen LogP contribution in [-0.2, 0) is 13.0 Å². The van der Waals surface area contributed by atoms with Crippen LogP contribution in [0.2, 0.25) is 0 Å². The third-order valence-corrected chi connectivity index (χ3v) is 3.59. The molecule has 0 saturated carbocycles. The van der Waals surface area contributed by atoms with E-state index in [9.17, 15) is 5.11 Å². The molecule has 1 aliphatic rings. The number of hydrogen-bond donors (Lipinski definition) is 2. The highest BCUT2D eigenvalue weighted by Crippen LogP contribution is 2.26. The number of aliphatic hydroxyl groups excluding tert-OH is 1.